The first-order chi connectivity index (χ1) is 36.3. The maximum atomic E-state index is 12.6. The normalized spacial score (nSPS) is 11.0. The van der Waals surface area contributed by atoms with Gasteiger partial charge in [0.1, 0.15) is 26.4 Å². The van der Waals surface area contributed by atoms with Crippen molar-refractivity contribution in [3.63, 3.8) is 0 Å². The van der Waals surface area contributed by atoms with Gasteiger partial charge in [0.25, 0.3) is 0 Å². The molecule has 0 aromatic carbocycles. The minimum absolute atomic E-state index is 0.00532. The van der Waals surface area contributed by atoms with E-state index >= 15 is 0 Å². The van der Waals surface area contributed by atoms with Gasteiger partial charge in [-0.2, -0.15) is 0 Å². The molecule has 8 N–H and O–H groups in total. The molecule has 0 unspecified atom stereocenters. The molecule has 76 heavy (non-hydrogen) atoms. The van der Waals surface area contributed by atoms with Crippen molar-refractivity contribution < 1.29 is 118 Å². The second-order valence-electron chi connectivity index (χ2n) is 16.2. The Balaban J connectivity index is 1.30. The monoisotopic (exact) mass is 1080 g/mol. The highest BCUT2D eigenvalue weighted by Gasteiger charge is 2.20. The fourth-order valence-corrected chi connectivity index (χ4v) is 6.48. The Morgan fingerprint density at radius 3 is 0.645 bits per heavy atom. The molecule has 0 fully saturated rings. The van der Waals surface area contributed by atoms with Crippen molar-refractivity contribution in [1.82, 2.24) is 28.7 Å². The number of aromatic nitrogens is 4. The second-order valence-corrected chi connectivity index (χ2v) is 16.2. The zero-order chi connectivity index (χ0) is 55.6. The minimum atomic E-state index is -0.853. The van der Waals surface area contributed by atoms with Crippen molar-refractivity contribution in [3.05, 3.63) is 48.5 Å². The summed E-state index contributed by atoms with van der Waals surface area (Å²) in [6.45, 7) is 0.0201. The summed E-state index contributed by atoms with van der Waals surface area (Å²) in [7, 11) is 0. The van der Waals surface area contributed by atoms with Gasteiger partial charge in [0, 0.05) is 139 Å². The summed E-state index contributed by atoms with van der Waals surface area (Å²) in [6, 6.07) is 8.80. The molecule has 0 saturated heterocycles. The van der Waals surface area contributed by atoms with E-state index in [0.29, 0.717) is 18.9 Å². The predicted molar refractivity (Wildman–Crippen MR) is 250 cm³/mol. The molecule has 4 aromatic rings. The standard InChI is InChI=1S/C46H60N6O24/c53-31-13-14-32(54)49(31)73-43(65)9-1-5-39(61)69-27-23-47(24-28-70-40(62)6-2-10-44(66)74-50-33(55)15-16-34(50)56)21-22-48(25-29-71-41(63)7-3-11-45(67)75-51-35(57)17-18-36(51)58)26-30-72-42(64)8-4-12-46(68)76-52-37(59)19-20-38(52)60/h13-20,53-60H,1-12,21-30H2. The summed E-state index contributed by atoms with van der Waals surface area (Å²) in [4.78, 5) is 122. The van der Waals surface area contributed by atoms with Crippen LogP contribution in [0.3, 0.4) is 0 Å². The quantitative estimate of drug-likeness (QED) is 0.0221. The third-order valence-electron chi connectivity index (χ3n) is 10.4. The first kappa shape index (κ1) is 59.8. The van der Waals surface area contributed by atoms with Crippen LogP contribution in [0.4, 0.5) is 0 Å². The molecule has 0 aliphatic heterocycles. The van der Waals surface area contributed by atoms with Gasteiger partial charge in [-0.25, -0.2) is 19.2 Å². The van der Waals surface area contributed by atoms with E-state index in [4.69, 9.17) is 38.3 Å². The molecule has 0 amide bonds. The maximum Gasteiger partial charge on any atom is 0.333 e. The molecule has 0 aliphatic rings. The second kappa shape index (κ2) is 31.1. The van der Waals surface area contributed by atoms with Crippen molar-refractivity contribution in [2.24, 2.45) is 0 Å². The fourth-order valence-electron chi connectivity index (χ4n) is 6.48. The van der Waals surface area contributed by atoms with Crippen LogP contribution < -0.4 is 19.4 Å². The Morgan fingerprint density at radius 2 is 0.461 bits per heavy atom. The summed E-state index contributed by atoms with van der Waals surface area (Å²) >= 11 is 0. The van der Waals surface area contributed by atoms with Crippen LogP contribution in [0.1, 0.15) is 77.0 Å². The van der Waals surface area contributed by atoms with Crippen LogP contribution in [-0.2, 0) is 57.3 Å². The molecule has 30 nitrogen and oxygen atoms in total. The van der Waals surface area contributed by atoms with E-state index in [1.807, 2.05) is 0 Å². The van der Waals surface area contributed by atoms with E-state index < -0.39 is 94.8 Å². The Bertz CT molecular complexity index is 2140. The summed E-state index contributed by atoms with van der Waals surface area (Å²) in [5, 5.41) is 77.4. The van der Waals surface area contributed by atoms with Gasteiger partial charge in [-0.15, -0.1) is 18.9 Å². The van der Waals surface area contributed by atoms with Gasteiger partial charge in [0.2, 0.25) is 47.0 Å². The zero-order valence-corrected chi connectivity index (χ0v) is 41.0. The van der Waals surface area contributed by atoms with E-state index in [-0.39, 0.29) is 143 Å². The van der Waals surface area contributed by atoms with Gasteiger partial charge >= 0.3 is 47.8 Å². The highest BCUT2D eigenvalue weighted by atomic mass is 16.7. The van der Waals surface area contributed by atoms with Crippen LogP contribution in [0.25, 0.3) is 0 Å². The SMILES string of the molecule is O=C(CCCC(=O)On1c(O)ccc1O)OCCN(CCOC(=O)CCCC(=O)On1c(O)ccc1O)CCN(CCOC(=O)CCCC(=O)On1c(O)ccc1O)CCOC(=O)CCCC(=O)On1c(O)ccc1O. The number of carbonyl (C=O) groups excluding carboxylic acids is 8. The van der Waals surface area contributed by atoms with Crippen molar-refractivity contribution in [1.29, 1.82) is 0 Å². The number of hydrogen-bond acceptors (Lipinski definition) is 26. The lowest BCUT2D eigenvalue weighted by Crippen LogP contribution is -2.41. The number of carbonyl (C=O) groups is 8. The number of ether oxygens (including phenoxy) is 4. The molecule has 0 bridgehead atoms. The van der Waals surface area contributed by atoms with Gasteiger partial charge in [-0.3, -0.25) is 29.0 Å². The van der Waals surface area contributed by atoms with Gasteiger partial charge in [-0.05, 0) is 25.7 Å². The summed E-state index contributed by atoms with van der Waals surface area (Å²) in [5.41, 5.74) is 0. The third kappa shape index (κ3) is 21.3. The fraction of sp³-hybridized carbons (Fsp3) is 0.478. The number of esters is 4. The first-order valence-corrected chi connectivity index (χ1v) is 23.6. The Labute approximate surface area is 431 Å². The molecule has 0 spiro atoms. The molecule has 0 saturated carbocycles. The third-order valence-corrected chi connectivity index (χ3v) is 10.4. The molecular weight excluding hydrogens is 1020 g/mol. The Kier molecular flexibility index (Phi) is 24.4. The van der Waals surface area contributed by atoms with Crippen LogP contribution in [-0.4, -0.2) is 183 Å². The van der Waals surface area contributed by atoms with Crippen molar-refractivity contribution >= 4 is 47.8 Å². The molecule has 0 aliphatic carbocycles. The van der Waals surface area contributed by atoms with Crippen molar-refractivity contribution in [2.75, 3.05) is 65.7 Å². The van der Waals surface area contributed by atoms with Gasteiger partial charge < -0.3 is 79.2 Å². The summed E-state index contributed by atoms with van der Waals surface area (Å²) in [6.07, 6.45) is -1.92. The molecular formula is C46H60N6O24. The van der Waals surface area contributed by atoms with Crippen LogP contribution in [0.2, 0.25) is 0 Å². The molecule has 30 heteroatoms. The average molecular weight is 1080 g/mol. The largest absolute Gasteiger partial charge is 0.492 e. The predicted octanol–water partition coefficient (Wildman–Crippen LogP) is -0.0832. The van der Waals surface area contributed by atoms with Gasteiger partial charge in [0.05, 0.1) is 0 Å². The van der Waals surface area contributed by atoms with Crippen LogP contribution in [0.5, 0.6) is 47.0 Å². The lowest BCUT2D eigenvalue weighted by Gasteiger charge is -2.27. The molecule has 4 aromatic heterocycles. The lowest BCUT2D eigenvalue weighted by atomic mass is 10.2. The van der Waals surface area contributed by atoms with Crippen molar-refractivity contribution in [2.45, 2.75) is 77.0 Å². The van der Waals surface area contributed by atoms with Gasteiger partial charge in [0.15, 0.2) is 0 Å². The van der Waals surface area contributed by atoms with E-state index in [0.717, 1.165) is 48.5 Å². The highest BCUT2D eigenvalue weighted by Crippen LogP contribution is 2.22. The minimum Gasteiger partial charge on any atom is -0.492 e. The highest BCUT2D eigenvalue weighted by molar-refractivity contribution is 5.75. The Hall–Kier alpha value is -8.80. The van der Waals surface area contributed by atoms with E-state index in [9.17, 15) is 79.2 Å². The van der Waals surface area contributed by atoms with Crippen LogP contribution in [0, 0.1) is 0 Å². The molecule has 4 rings (SSSR count). The topological polar surface area (TPSA) is 398 Å². The first-order valence-electron chi connectivity index (χ1n) is 23.6. The Morgan fingerprint density at radius 1 is 0.289 bits per heavy atom. The van der Waals surface area contributed by atoms with Crippen molar-refractivity contribution in [3.8, 4) is 47.0 Å². The van der Waals surface area contributed by atoms with E-state index in [1.54, 1.807) is 9.80 Å². The number of nitrogens with zero attached hydrogens (tertiary/aromatic N) is 6. The maximum absolute atomic E-state index is 12.6. The van der Waals surface area contributed by atoms with Crippen LogP contribution in [0.15, 0.2) is 48.5 Å². The zero-order valence-electron chi connectivity index (χ0n) is 41.0. The van der Waals surface area contributed by atoms with E-state index in [1.165, 1.54) is 0 Å². The average Bonchev–Trinajstić information content (AvgIpc) is 4.08. The summed E-state index contributed by atoms with van der Waals surface area (Å²) in [5.74, 6) is -10.3. The van der Waals surface area contributed by atoms with Crippen LogP contribution >= 0.6 is 0 Å². The van der Waals surface area contributed by atoms with E-state index in [2.05, 4.69) is 0 Å². The lowest BCUT2D eigenvalue weighted by molar-refractivity contribution is -0.149. The molecule has 0 atom stereocenters. The number of rotatable bonds is 35. The summed E-state index contributed by atoms with van der Waals surface area (Å²) < 4.78 is 23.5. The number of hydrogen-bond donors (Lipinski definition) is 8. The molecule has 0 radical (unpaired) electrons. The molecule has 418 valence electrons. The van der Waals surface area contributed by atoms with Gasteiger partial charge in [-0.1, -0.05) is 0 Å². The molecule has 4 heterocycles. The smallest absolute Gasteiger partial charge is 0.333 e. The number of aromatic hydroxyl groups is 8.